The summed E-state index contributed by atoms with van der Waals surface area (Å²) in [6.45, 7) is 12.2. The van der Waals surface area contributed by atoms with E-state index in [-0.39, 0.29) is 5.04 Å². The lowest BCUT2D eigenvalue weighted by Crippen LogP contribution is -2.40. The lowest BCUT2D eigenvalue weighted by atomic mass is 10.2. The van der Waals surface area contributed by atoms with Gasteiger partial charge in [0.1, 0.15) is 6.73 Å². The molecule has 0 aromatic carbocycles. The molecule has 0 fully saturated rings. The van der Waals surface area contributed by atoms with Crippen molar-refractivity contribution >= 4 is 25.5 Å². The minimum atomic E-state index is -1.78. The van der Waals surface area contributed by atoms with Gasteiger partial charge in [0.15, 0.2) is 18.9 Å². The molecule has 132 valence electrons. The molecule has 0 bridgehead atoms. The topological polar surface area (TPSA) is 48.6 Å². The molecule has 0 N–H and O–H groups in total. The highest BCUT2D eigenvalue weighted by Crippen LogP contribution is 2.37. The quantitative estimate of drug-likeness (QED) is 0.717. The van der Waals surface area contributed by atoms with E-state index < -0.39 is 8.32 Å². The predicted molar refractivity (Wildman–Crippen MR) is 101 cm³/mol. The van der Waals surface area contributed by atoms with Crippen LogP contribution in [0.25, 0.3) is 0 Å². The summed E-state index contributed by atoms with van der Waals surface area (Å²) in [6.07, 6.45) is 1.96. The number of hydrogen-bond donors (Lipinski definition) is 0. The Labute approximate surface area is 149 Å². The van der Waals surface area contributed by atoms with Gasteiger partial charge in [-0.2, -0.15) is 0 Å². The molecule has 0 aliphatic heterocycles. The third kappa shape index (κ3) is 4.86. The Morgan fingerprint density at radius 3 is 2.71 bits per heavy atom. The minimum Gasteiger partial charge on any atom is -0.411 e. The van der Waals surface area contributed by atoms with Crippen LogP contribution in [0.1, 0.15) is 26.5 Å². The van der Waals surface area contributed by atoms with Gasteiger partial charge in [-0.25, -0.2) is 9.98 Å². The first-order chi connectivity index (χ1) is 11.2. The fraction of sp³-hybridized carbons (Fsp3) is 0.529. The number of rotatable bonds is 6. The second-order valence-corrected chi connectivity index (χ2v) is 12.9. The Hall–Kier alpha value is -1.28. The molecule has 2 heterocycles. The van der Waals surface area contributed by atoms with Crippen LogP contribution in [0.2, 0.25) is 18.1 Å². The van der Waals surface area contributed by atoms with Crippen LogP contribution in [-0.2, 0) is 22.5 Å². The largest absolute Gasteiger partial charge is 0.411 e. The number of thiazole rings is 1. The number of pyridine rings is 1. The van der Waals surface area contributed by atoms with E-state index in [9.17, 15) is 0 Å². The summed E-state index contributed by atoms with van der Waals surface area (Å²) in [5, 5.41) is 2.18. The van der Waals surface area contributed by atoms with Crippen molar-refractivity contribution in [3.63, 3.8) is 0 Å². The predicted octanol–water partition coefficient (Wildman–Crippen LogP) is 4.30. The van der Waals surface area contributed by atoms with Crippen LogP contribution in [-0.4, -0.2) is 25.0 Å². The molecule has 0 radical (unpaired) electrons. The normalized spacial score (nSPS) is 13.5. The van der Waals surface area contributed by atoms with E-state index in [1.165, 1.54) is 0 Å². The zero-order valence-corrected chi connectivity index (χ0v) is 17.2. The van der Waals surface area contributed by atoms with Gasteiger partial charge in [0.2, 0.25) is 0 Å². The molecule has 0 spiro atoms. The first-order valence-corrected chi connectivity index (χ1v) is 11.8. The summed E-state index contributed by atoms with van der Waals surface area (Å²) in [5.74, 6) is 0.693. The maximum Gasteiger partial charge on any atom is 0.193 e. The van der Waals surface area contributed by atoms with Crippen LogP contribution in [0.15, 0.2) is 34.8 Å². The van der Waals surface area contributed by atoms with Crippen molar-refractivity contribution in [1.29, 1.82) is 0 Å². The van der Waals surface area contributed by atoms with E-state index in [4.69, 9.17) is 9.16 Å². The fourth-order valence-corrected chi connectivity index (χ4v) is 3.47. The van der Waals surface area contributed by atoms with Crippen molar-refractivity contribution < 1.29 is 9.16 Å². The molecule has 7 heteroatoms. The second-order valence-electron chi connectivity index (χ2n) is 7.22. The second kappa shape index (κ2) is 7.73. The first kappa shape index (κ1) is 19.0. The van der Waals surface area contributed by atoms with E-state index in [1.807, 2.05) is 34.3 Å². The van der Waals surface area contributed by atoms with Gasteiger partial charge < -0.3 is 9.16 Å². The molecule has 24 heavy (non-hydrogen) atoms. The fourth-order valence-electron chi connectivity index (χ4n) is 1.80. The Morgan fingerprint density at radius 1 is 1.29 bits per heavy atom. The van der Waals surface area contributed by atoms with Gasteiger partial charge in [-0.3, -0.25) is 4.57 Å². The van der Waals surface area contributed by atoms with Gasteiger partial charge in [0, 0.05) is 18.7 Å². The van der Waals surface area contributed by atoms with Crippen LogP contribution in [0, 0.1) is 0 Å². The van der Waals surface area contributed by atoms with Crippen molar-refractivity contribution in [2.24, 2.45) is 4.99 Å². The number of nitrogens with zero attached hydrogens (tertiary/aromatic N) is 3. The van der Waals surface area contributed by atoms with E-state index in [0.29, 0.717) is 19.2 Å². The van der Waals surface area contributed by atoms with Gasteiger partial charge in [-0.1, -0.05) is 26.8 Å². The molecular weight excluding hydrogens is 338 g/mol. The first-order valence-electron chi connectivity index (χ1n) is 8.00. The zero-order chi connectivity index (χ0) is 17.8. The standard InChI is InChI=1S/C17H27N3O2SSi/c1-17(2,3)24(5,6)22-12-14-8-7-9-15(18-14)19-16-20(13-21-4)10-11-23-16/h7-11H,12-13H2,1-6H3/b19-16-. The number of aromatic nitrogens is 2. The molecule has 2 aromatic heterocycles. The molecule has 0 atom stereocenters. The van der Waals surface area contributed by atoms with E-state index in [2.05, 4.69) is 43.8 Å². The van der Waals surface area contributed by atoms with E-state index >= 15 is 0 Å². The smallest absolute Gasteiger partial charge is 0.193 e. The molecule has 0 aliphatic carbocycles. The molecule has 5 nitrogen and oxygen atoms in total. The summed E-state index contributed by atoms with van der Waals surface area (Å²) in [7, 11) is -0.105. The van der Waals surface area contributed by atoms with E-state index in [1.54, 1.807) is 18.4 Å². The van der Waals surface area contributed by atoms with Crippen LogP contribution in [0.5, 0.6) is 0 Å². The van der Waals surface area contributed by atoms with Gasteiger partial charge in [-0.15, -0.1) is 11.3 Å². The number of methoxy groups -OCH3 is 1. The lowest BCUT2D eigenvalue weighted by molar-refractivity contribution is 0.129. The van der Waals surface area contributed by atoms with Gasteiger partial charge >= 0.3 is 0 Å². The minimum absolute atomic E-state index is 0.192. The summed E-state index contributed by atoms with van der Waals surface area (Å²) >= 11 is 1.56. The third-order valence-electron chi connectivity index (χ3n) is 4.32. The number of ether oxygens (including phenoxy) is 1. The maximum absolute atomic E-state index is 6.24. The Kier molecular flexibility index (Phi) is 6.14. The average molecular weight is 366 g/mol. The van der Waals surface area contributed by atoms with Crippen LogP contribution in [0.4, 0.5) is 5.82 Å². The third-order valence-corrected chi connectivity index (χ3v) is 9.59. The van der Waals surface area contributed by atoms with Crippen LogP contribution in [0.3, 0.4) is 0 Å². The molecular formula is C17H27N3O2SSi. The van der Waals surface area contributed by atoms with Gasteiger partial charge in [0.25, 0.3) is 0 Å². The van der Waals surface area contributed by atoms with E-state index in [0.717, 1.165) is 10.5 Å². The SMILES string of the molecule is COCn1ccs/c1=N\c1cccc(CO[Si](C)(C)C(C)(C)C)n1. The molecule has 0 saturated carbocycles. The molecule has 2 rings (SSSR count). The molecule has 0 unspecified atom stereocenters. The van der Waals surface area contributed by atoms with Crippen molar-refractivity contribution in [3.05, 3.63) is 40.3 Å². The summed E-state index contributed by atoms with van der Waals surface area (Å²) in [4.78, 5) is 10.1. The van der Waals surface area contributed by atoms with Gasteiger partial charge in [-0.05, 0) is 30.3 Å². The number of hydrogen-bond acceptors (Lipinski definition) is 5. The van der Waals surface area contributed by atoms with Crippen LogP contribution >= 0.6 is 11.3 Å². The maximum atomic E-state index is 6.24. The highest BCUT2D eigenvalue weighted by Gasteiger charge is 2.37. The Balaban J connectivity index is 2.16. The summed E-state index contributed by atoms with van der Waals surface area (Å²) in [6, 6.07) is 5.88. The van der Waals surface area contributed by atoms with Crippen LogP contribution < -0.4 is 4.80 Å². The Bertz CT molecular complexity index is 732. The summed E-state index contributed by atoms with van der Waals surface area (Å²) < 4.78 is 13.4. The Morgan fingerprint density at radius 2 is 2.04 bits per heavy atom. The van der Waals surface area contributed by atoms with Crippen molar-refractivity contribution in [2.45, 2.75) is 52.2 Å². The monoisotopic (exact) mass is 365 g/mol. The highest BCUT2D eigenvalue weighted by atomic mass is 32.1. The molecule has 2 aromatic rings. The lowest BCUT2D eigenvalue weighted by Gasteiger charge is -2.36. The van der Waals surface area contributed by atoms with Crippen molar-refractivity contribution in [1.82, 2.24) is 9.55 Å². The zero-order valence-electron chi connectivity index (χ0n) is 15.4. The highest BCUT2D eigenvalue weighted by molar-refractivity contribution is 7.07. The molecule has 0 amide bonds. The van der Waals surface area contributed by atoms with Crippen molar-refractivity contribution in [3.8, 4) is 0 Å². The molecule has 0 aliphatic rings. The molecule has 0 saturated heterocycles. The van der Waals surface area contributed by atoms with Crippen molar-refractivity contribution in [2.75, 3.05) is 7.11 Å². The summed E-state index contributed by atoms with van der Waals surface area (Å²) in [5.41, 5.74) is 0.913. The van der Waals surface area contributed by atoms with Gasteiger partial charge in [0.05, 0.1) is 12.3 Å². The average Bonchev–Trinajstić information content (AvgIpc) is 2.92.